The fourth-order valence-corrected chi connectivity index (χ4v) is 7.26. The molecule has 0 fully saturated rings. The van der Waals surface area contributed by atoms with Crippen LogP contribution < -0.4 is 0 Å². The molecular weight excluding hydrogens is 601 g/mol. The van der Waals surface area contributed by atoms with E-state index in [0.29, 0.717) is 22.5 Å². The number of carbonyl (C=O) groups is 1. The molecule has 0 bridgehead atoms. The Morgan fingerprint density at radius 3 is 1.30 bits per heavy atom. The van der Waals surface area contributed by atoms with E-state index in [9.17, 15) is 4.79 Å². The fraction of sp³-hybridized carbons (Fsp3) is 0.0488. The van der Waals surface area contributed by atoms with E-state index in [1.165, 1.54) is 44.5 Å². The SMILES string of the molecule is O=C(c1ccc(N=C=S)c(-c2cccc3c2Cc2ccccc2-3)c1)c1ccc(N=C=S)c(-c2cccc3c2Cc2ccccc2-3)c1. The van der Waals surface area contributed by atoms with Crippen molar-refractivity contribution in [2.24, 2.45) is 9.98 Å². The van der Waals surface area contributed by atoms with E-state index in [1.807, 2.05) is 36.4 Å². The average molecular weight is 625 g/mol. The molecule has 0 unspecified atom stereocenters. The molecule has 0 spiro atoms. The first-order chi connectivity index (χ1) is 22.6. The van der Waals surface area contributed by atoms with Crippen molar-refractivity contribution in [3.05, 3.63) is 155 Å². The minimum absolute atomic E-state index is 0.0926. The van der Waals surface area contributed by atoms with Gasteiger partial charge in [-0.25, -0.2) is 0 Å². The number of rotatable bonds is 6. The van der Waals surface area contributed by atoms with E-state index in [1.54, 1.807) is 0 Å². The zero-order chi connectivity index (χ0) is 31.2. The molecule has 2 aliphatic carbocycles. The summed E-state index contributed by atoms with van der Waals surface area (Å²) in [4.78, 5) is 23.0. The van der Waals surface area contributed by atoms with E-state index in [2.05, 4.69) is 105 Å². The molecule has 46 heavy (non-hydrogen) atoms. The summed E-state index contributed by atoms with van der Waals surface area (Å²) in [5.41, 5.74) is 16.2. The van der Waals surface area contributed by atoms with E-state index >= 15 is 0 Å². The maximum atomic E-state index is 14.2. The second-order valence-corrected chi connectivity index (χ2v) is 11.9. The number of fused-ring (bicyclic) bond motifs is 6. The van der Waals surface area contributed by atoms with Crippen molar-refractivity contribution >= 4 is 51.9 Å². The van der Waals surface area contributed by atoms with E-state index < -0.39 is 0 Å². The molecule has 0 amide bonds. The minimum Gasteiger partial charge on any atom is -0.289 e. The van der Waals surface area contributed by atoms with Crippen LogP contribution in [0.4, 0.5) is 11.4 Å². The molecular formula is C41H24N2OS2. The molecule has 6 aromatic carbocycles. The number of ketones is 1. The van der Waals surface area contributed by atoms with Gasteiger partial charge in [0.25, 0.3) is 0 Å². The van der Waals surface area contributed by atoms with Crippen molar-refractivity contribution in [1.82, 2.24) is 0 Å². The first kappa shape index (κ1) is 28.1. The molecule has 0 N–H and O–H groups in total. The van der Waals surface area contributed by atoms with Gasteiger partial charge in [0.2, 0.25) is 0 Å². The van der Waals surface area contributed by atoms with Gasteiger partial charge in [-0.05, 0) is 129 Å². The number of hydrogen-bond acceptors (Lipinski definition) is 5. The third-order valence-corrected chi connectivity index (χ3v) is 9.31. The Morgan fingerprint density at radius 2 is 0.870 bits per heavy atom. The zero-order valence-electron chi connectivity index (χ0n) is 24.6. The smallest absolute Gasteiger partial charge is 0.193 e. The lowest BCUT2D eigenvalue weighted by Gasteiger charge is -2.14. The normalized spacial score (nSPS) is 11.8. The third kappa shape index (κ3) is 4.62. The van der Waals surface area contributed by atoms with Crippen LogP contribution in [0, 0.1) is 0 Å². The van der Waals surface area contributed by atoms with E-state index in [4.69, 9.17) is 24.4 Å². The Bertz CT molecular complexity index is 2200. The van der Waals surface area contributed by atoms with Gasteiger partial charge in [0.05, 0.1) is 21.7 Å². The second-order valence-electron chi connectivity index (χ2n) is 11.5. The summed E-state index contributed by atoms with van der Waals surface area (Å²) in [5, 5.41) is 5.06. The van der Waals surface area contributed by atoms with Gasteiger partial charge in [-0.15, -0.1) is 0 Å². The highest BCUT2D eigenvalue weighted by Gasteiger charge is 2.25. The van der Waals surface area contributed by atoms with Crippen molar-refractivity contribution < 1.29 is 4.79 Å². The van der Waals surface area contributed by atoms with Crippen molar-refractivity contribution in [3.63, 3.8) is 0 Å². The highest BCUT2D eigenvalue weighted by atomic mass is 32.1. The highest BCUT2D eigenvalue weighted by Crippen LogP contribution is 2.45. The van der Waals surface area contributed by atoms with E-state index in [-0.39, 0.29) is 5.78 Å². The number of aliphatic imine (C=N–C) groups is 2. The van der Waals surface area contributed by atoms with Crippen molar-refractivity contribution in [2.75, 3.05) is 0 Å². The molecule has 5 heteroatoms. The summed E-state index contributed by atoms with van der Waals surface area (Å²) < 4.78 is 0. The summed E-state index contributed by atoms with van der Waals surface area (Å²) >= 11 is 10.0. The van der Waals surface area contributed by atoms with Crippen LogP contribution in [-0.2, 0) is 12.8 Å². The van der Waals surface area contributed by atoms with Gasteiger partial charge in [-0.1, -0.05) is 84.9 Å². The van der Waals surface area contributed by atoms with Crippen molar-refractivity contribution in [1.29, 1.82) is 0 Å². The number of thiocarbonyl (C=S) groups is 2. The Labute approximate surface area is 277 Å². The predicted octanol–water partition coefficient (Wildman–Crippen LogP) is 10.9. The van der Waals surface area contributed by atoms with Crippen molar-refractivity contribution in [2.45, 2.75) is 12.8 Å². The summed E-state index contributed by atoms with van der Waals surface area (Å²) in [5.74, 6) is -0.0926. The lowest BCUT2D eigenvalue weighted by atomic mass is 9.90. The molecule has 6 aromatic rings. The summed E-state index contributed by atoms with van der Waals surface area (Å²) in [6.45, 7) is 0. The average Bonchev–Trinajstić information content (AvgIpc) is 3.67. The summed E-state index contributed by atoms with van der Waals surface area (Å²) in [7, 11) is 0. The molecule has 8 rings (SSSR count). The standard InChI is InChI=1S/C41H24N2OS2/c44-41(27-15-17-39(42-23-45)37(21-27)33-13-5-11-31-29-9-3-1-7-25(29)19-35(31)33)28-16-18-40(43-24-46)38(22-28)34-14-6-12-32-30-10-4-2-8-26(30)20-36(32)34/h1-18,21-22H,19-20H2. The molecule has 216 valence electrons. The van der Waals surface area contributed by atoms with Gasteiger partial charge in [0.1, 0.15) is 0 Å². The Hall–Kier alpha value is -5.41. The second kappa shape index (κ2) is 11.5. The molecule has 0 radical (unpaired) electrons. The van der Waals surface area contributed by atoms with Crippen LogP contribution in [0.5, 0.6) is 0 Å². The van der Waals surface area contributed by atoms with Gasteiger partial charge in [-0.2, -0.15) is 9.98 Å². The fourth-order valence-electron chi connectivity index (χ4n) is 7.07. The first-order valence-electron chi connectivity index (χ1n) is 15.0. The monoisotopic (exact) mass is 624 g/mol. The molecule has 0 saturated carbocycles. The van der Waals surface area contributed by atoms with Gasteiger partial charge >= 0.3 is 0 Å². The number of nitrogens with zero attached hydrogens (tertiary/aromatic N) is 2. The summed E-state index contributed by atoms with van der Waals surface area (Å²) in [6.07, 6.45) is 1.63. The molecule has 3 nitrogen and oxygen atoms in total. The molecule has 0 saturated heterocycles. The van der Waals surface area contributed by atoms with Crippen LogP contribution >= 0.6 is 24.4 Å². The predicted molar refractivity (Wildman–Crippen MR) is 193 cm³/mol. The summed E-state index contributed by atoms with van der Waals surface area (Å²) in [6, 6.07) is 40.8. The largest absolute Gasteiger partial charge is 0.289 e. The number of benzene rings is 6. The van der Waals surface area contributed by atoms with E-state index in [0.717, 1.165) is 35.1 Å². The minimum atomic E-state index is -0.0926. The first-order valence-corrected chi connectivity index (χ1v) is 15.9. The molecule has 0 heterocycles. The molecule has 2 aliphatic rings. The lowest BCUT2D eigenvalue weighted by Crippen LogP contribution is -2.03. The third-order valence-electron chi connectivity index (χ3n) is 9.13. The quantitative estimate of drug-likeness (QED) is 0.105. The Morgan fingerprint density at radius 1 is 0.478 bits per heavy atom. The number of carbonyl (C=O) groups excluding carboxylic acids is 1. The maximum Gasteiger partial charge on any atom is 0.193 e. The van der Waals surface area contributed by atoms with Crippen LogP contribution in [0.1, 0.15) is 38.2 Å². The molecule has 0 aliphatic heterocycles. The van der Waals surface area contributed by atoms with Crippen LogP contribution in [0.3, 0.4) is 0 Å². The maximum absolute atomic E-state index is 14.2. The zero-order valence-corrected chi connectivity index (χ0v) is 26.2. The molecule has 0 aromatic heterocycles. The van der Waals surface area contributed by atoms with Gasteiger partial charge in [0, 0.05) is 22.3 Å². The number of hydrogen-bond donors (Lipinski definition) is 0. The van der Waals surface area contributed by atoms with Gasteiger partial charge in [-0.3, -0.25) is 4.79 Å². The highest BCUT2D eigenvalue weighted by molar-refractivity contribution is 7.78. The lowest BCUT2D eigenvalue weighted by molar-refractivity contribution is 0.103. The Kier molecular flexibility index (Phi) is 7.02. The molecule has 0 atom stereocenters. The van der Waals surface area contributed by atoms with Crippen LogP contribution in [-0.4, -0.2) is 16.1 Å². The topological polar surface area (TPSA) is 41.8 Å². The van der Waals surface area contributed by atoms with Gasteiger partial charge in [0.15, 0.2) is 5.78 Å². The van der Waals surface area contributed by atoms with Gasteiger partial charge < -0.3 is 0 Å². The van der Waals surface area contributed by atoms with Crippen molar-refractivity contribution in [3.8, 4) is 44.5 Å². The Balaban J connectivity index is 1.24. The van der Waals surface area contributed by atoms with Crippen LogP contribution in [0.15, 0.2) is 131 Å². The van der Waals surface area contributed by atoms with Crippen LogP contribution in [0.25, 0.3) is 44.5 Å². The van der Waals surface area contributed by atoms with Crippen LogP contribution in [0.2, 0.25) is 0 Å². The number of isothiocyanates is 2.